The fourth-order valence-corrected chi connectivity index (χ4v) is 2.05. The molecule has 2 N–H and O–H groups in total. The third kappa shape index (κ3) is 4.29. The number of amides is 1. The molecule has 0 spiro atoms. The summed E-state index contributed by atoms with van der Waals surface area (Å²) in [5.41, 5.74) is 1.35. The van der Waals surface area contributed by atoms with Gasteiger partial charge in [0.25, 0.3) is 0 Å². The van der Waals surface area contributed by atoms with E-state index in [0.29, 0.717) is 29.5 Å². The van der Waals surface area contributed by atoms with Crippen molar-refractivity contribution in [2.45, 2.75) is 20.3 Å². The summed E-state index contributed by atoms with van der Waals surface area (Å²) in [5.74, 6) is 0.317. The standard InChI is InChI=1S/C15H19N5O3/c1-10(2)8-13(21)17-11-4-6-12(7-5-11)18-15-14(20(22)23)16-9-19(15)3/h4-7,9-10,18H,8H2,1-3H3,(H,17,21). The number of hydrogen-bond acceptors (Lipinski definition) is 5. The number of aryl methyl sites for hydroxylation is 1. The SMILES string of the molecule is CC(C)CC(=O)Nc1ccc(Nc2c([N+](=O)[O-])ncn2C)cc1. The summed E-state index contributed by atoms with van der Waals surface area (Å²) >= 11 is 0. The van der Waals surface area contributed by atoms with Gasteiger partial charge in [-0.3, -0.25) is 9.36 Å². The Bertz CT molecular complexity index is 706. The molecule has 2 aromatic rings. The molecule has 1 aromatic heterocycles. The second-order valence-electron chi connectivity index (χ2n) is 5.63. The van der Waals surface area contributed by atoms with Gasteiger partial charge in [-0.1, -0.05) is 13.8 Å². The van der Waals surface area contributed by atoms with Crippen LogP contribution in [0.4, 0.5) is 23.0 Å². The number of rotatable bonds is 6. The van der Waals surface area contributed by atoms with E-state index in [9.17, 15) is 14.9 Å². The first kappa shape index (κ1) is 16.5. The van der Waals surface area contributed by atoms with E-state index in [0.717, 1.165) is 0 Å². The molecular weight excluding hydrogens is 298 g/mol. The zero-order valence-corrected chi connectivity index (χ0v) is 13.2. The molecule has 0 radical (unpaired) electrons. The average molecular weight is 317 g/mol. The van der Waals surface area contributed by atoms with Crippen LogP contribution in [0.25, 0.3) is 0 Å². The fourth-order valence-electron chi connectivity index (χ4n) is 2.05. The van der Waals surface area contributed by atoms with Crippen LogP contribution in [-0.4, -0.2) is 20.4 Å². The van der Waals surface area contributed by atoms with E-state index in [2.05, 4.69) is 15.6 Å². The lowest BCUT2D eigenvalue weighted by Gasteiger charge is -2.09. The van der Waals surface area contributed by atoms with E-state index in [1.807, 2.05) is 13.8 Å². The first-order valence-electron chi connectivity index (χ1n) is 7.19. The smallest absolute Gasteiger partial charge is 0.358 e. The summed E-state index contributed by atoms with van der Waals surface area (Å²) in [6.07, 6.45) is 1.84. The highest BCUT2D eigenvalue weighted by Gasteiger charge is 2.19. The Morgan fingerprint density at radius 2 is 1.91 bits per heavy atom. The predicted molar refractivity (Wildman–Crippen MR) is 87.7 cm³/mol. The molecule has 0 aliphatic heterocycles. The average Bonchev–Trinajstić information content (AvgIpc) is 2.81. The van der Waals surface area contributed by atoms with E-state index >= 15 is 0 Å². The molecule has 2 rings (SSSR count). The van der Waals surface area contributed by atoms with Crippen LogP contribution in [0.5, 0.6) is 0 Å². The van der Waals surface area contributed by atoms with Crippen LogP contribution in [-0.2, 0) is 11.8 Å². The molecule has 8 heteroatoms. The Labute approximate surface area is 133 Å². The number of hydrogen-bond donors (Lipinski definition) is 2. The molecule has 0 unspecified atom stereocenters. The van der Waals surface area contributed by atoms with E-state index in [1.165, 1.54) is 10.9 Å². The second-order valence-corrected chi connectivity index (χ2v) is 5.63. The predicted octanol–water partition coefficient (Wildman–Crippen LogP) is 3.06. The molecule has 0 aliphatic rings. The maximum Gasteiger partial charge on any atom is 0.406 e. The first-order chi connectivity index (χ1) is 10.9. The molecule has 0 atom stereocenters. The van der Waals surface area contributed by atoms with Gasteiger partial charge in [-0.2, -0.15) is 0 Å². The summed E-state index contributed by atoms with van der Waals surface area (Å²) in [5, 5.41) is 16.7. The first-order valence-corrected chi connectivity index (χ1v) is 7.19. The topological polar surface area (TPSA) is 102 Å². The number of imidazole rings is 1. The summed E-state index contributed by atoms with van der Waals surface area (Å²) in [4.78, 5) is 25.8. The van der Waals surface area contributed by atoms with Crippen molar-refractivity contribution in [1.29, 1.82) is 0 Å². The van der Waals surface area contributed by atoms with Gasteiger partial charge < -0.3 is 20.7 Å². The van der Waals surface area contributed by atoms with Gasteiger partial charge in [0.05, 0.1) is 0 Å². The van der Waals surface area contributed by atoms with Gasteiger partial charge in [0.1, 0.15) is 0 Å². The molecule has 8 nitrogen and oxygen atoms in total. The number of carbonyl (C=O) groups excluding carboxylic acids is 1. The quantitative estimate of drug-likeness (QED) is 0.629. The van der Waals surface area contributed by atoms with Crippen molar-refractivity contribution in [1.82, 2.24) is 9.55 Å². The zero-order valence-electron chi connectivity index (χ0n) is 13.2. The molecule has 1 heterocycles. The van der Waals surface area contributed by atoms with Crippen LogP contribution >= 0.6 is 0 Å². The maximum atomic E-state index is 11.7. The summed E-state index contributed by atoms with van der Waals surface area (Å²) < 4.78 is 1.54. The van der Waals surface area contributed by atoms with E-state index in [1.54, 1.807) is 31.3 Å². The number of carbonyl (C=O) groups is 1. The Kier molecular flexibility index (Phi) is 4.95. The van der Waals surface area contributed by atoms with Gasteiger partial charge in [0.2, 0.25) is 18.1 Å². The van der Waals surface area contributed by atoms with Gasteiger partial charge in [0, 0.05) is 24.8 Å². The minimum atomic E-state index is -0.539. The van der Waals surface area contributed by atoms with Crippen LogP contribution in [0.1, 0.15) is 20.3 Å². The monoisotopic (exact) mass is 317 g/mol. The van der Waals surface area contributed by atoms with E-state index < -0.39 is 4.92 Å². The molecule has 0 saturated carbocycles. The third-order valence-electron chi connectivity index (χ3n) is 3.12. The van der Waals surface area contributed by atoms with Crippen molar-refractivity contribution in [2.24, 2.45) is 13.0 Å². The Balaban J connectivity index is 2.07. The van der Waals surface area contributed by atoms with E-state index in [-0.39, 0.29) is 11.7 Å². The van der Waals surface area contributed by atoms with Gasteiger partial charge in [-0.25, -0.2) is 0 Å². The summed E-state index contributed by atoms with van der Waals surface area (Å²) in [7, 11) is 1.67. The van der Waals surface area contributed by atoms with E-state index in [4.69, 9.17) is 0 Å². The van der Waals surface area contributed by atoms with Crippen LogP contribution in [0.3, 0.4) is 0 Å². The van der Waals surface area contributed by atoms with Gasteiger partial charge >= 0.3 is 5.82 Å². The number of anilines is 3. The van der Waals surface area contributed by atoms with Crippen molar-refractivity contribution < 1.29 is 9.72 Å². The molecule has 23 heavy (non-hydrogen) atoms. The van der Waals surface area contributed by atoms with Gasteiger partial charge in [-0.05, 0) is 40.1 Å². The number of aromatic nitrogens is 2. The lowest BCUT2D eigenvalue weighted by atomic mass is 10.1. The van der Waals surface area contributed by atoms with Gasteiger partial charge in [-0.15, -0.1) is 0 Å². The second kappa shape index (κ2) is 6.91. The number of nitrogens with zero attached hydrogens (tertiary/aromatic N) is 3. The Morgan fingerprint density at radius 3 is 2.48 bits per heavy atom. The lowest BCUT2D eigenvalue weighted by molar-refractivity contribution is -0.388. The number of benzene rings is 1. The summed E-state index contributed by atoms with van der Waals surface area (Å²) in [6, 6.07) is 6.95. The van der Waals surface area contributed by atoms with Crippen LogP contribution in [0.15, 0.2) is 30.6 Å². The van der Waals surface area contributed by atoms with Crippen molar-refractivity contribution >= 4 is 28.9 Å². The molecule has 0 saturated heterocycles. The van der Waals surface area contributed by atoms with Gasteiger partial charge in [0.15, 0.2) is 0 Å². The van der Waals surface area contributed by atoms with Crippen LogP contribution in [0.2, 0.25) is 0 Å². The minimum Gasteiger partial charge on any atom is -0.358 e. The Morgan fingerprint density at radius 1 is 1.30 bits per heavy atom. The molecule has 0 bridgehead atoms. The highest BCUT2D eigenvalue weighted by molar-refractivity contribution is 5.91. The lowest BCUT2D eigenvalue weighted by Crippen LogP contribution is -2.13. The number of nitro groups is 1. The van der Waals surface area contributed by atoms with Crippen molar-refractivity contribution in [3.63, 3.8) is 0 Å². The molecule has 1 aromatic carbocycles. The molecule has 0 fully saturated rings. The van der Waals surface area contributed by atoms with Crippen LogP contribution in [0, 0.1) is 16.0 Å². The molecule has 1 amide bonds. The van der Waals surface area contributed by atoms with Crippen molar-refractivity contribution in [3.8, 4) is 0 Å². The molecule has 0 aliphatic carbocycles. The van der Waals surface area contributed by atoms with Crippen molar-refractivity contribution in [3.05, 3.63) is 40.7 Å². The summed E-state index contributed by atoms with van der Waals surface area (Å²) in [6.45, 7) is 3.96. The van der Waals surface area contributed by atoms with Crippen molar-refractivity contribution in [2.75, 3.05) is 10.6 Å². The highest BCUT2D eigenvalue weighted by atomic mass is 16.6. The zero-order chi connectivity index (χ0) is 17.0. The van der Waals surface area contributed by atoms with Crippen LogP contribution < -0.4 is 10.6 Å². The Hall–Kier alpha value is -2.90. The maximum absolute atomic E-state index is 11.7. The number of nitrogens with one attached hydrogen (secondary N) is 2. The largest absolute Gasteiger partial charge is 0.406 e. The highest BCUT2D eigenvalue weighted by Crippen LogP contribution is 2.26. The third-order valence-corrected chi connectivity index (χ3v) is 3.12. The molecule has 122 valence electrons. The normalized spacial score (nSPS) is 10.6. The minimum absolute atomic E-state index is 0.0389. The fraction of sp³-hybridized carbons (Fsp3) is 0.333. The molecular formula is C15H19N5O3.